The van der Waals surface area contributed by atoms with E-state index in [9.17, 15) is 0 Å². The Morgan fingerprint density at radius 1 is 1.06 bits per heavy atom. The fourth-order valence-corrected chi connectivity index (χ4v) is 4.41. The molecule has 2 saturated carbocycles. The van der Waals surface area contributed by atoms with Crippen molar-refractivity contribution in [2.75, 3.05) is 0 Å². The molecule has 0 aromatic carbocycles. The summed E-state index contributed by atoms with van der Waals surface area (Å²) in [4.78, 5) is 0. The van der Waals surface area contributed by atoms with Gasteiger partial charge in [-0.3, -0.25) is 0 Å². The van der Waals surface area contributed by atoms with Gasteiger partial charge in [0, 0.05) is 12.1 Å². The van der Waals surface area contributed by atoms with E-state index in [-0.39, 0.29) is 0 Å². The van der Waals surface area contributed by atoms with Crippen LogP contribution in [0.25, 0.3) is 0 Å². The van der Waals surface area contributed by atoms with Crippen LogP contribution in [0.4, 0.5) is 0 Å². The van der Waals surface area contributed by atoms with Gasteiger partial charge in [0.05, 0.1) is 0 Å². The summed E-state index contributed by atoms with van der Waals surface area (Å²) in [6.45, 7) is 12.1. The lowest BCUT2D eigenvalue weighted by atomic mass is 9.63. The molecule has 0 heterocycles. The molecule has 1 nitrogen and oxygen atoms in total. The summed E-state index contributed by atoms with van der Waals surface area (Å²) in [6.07, 6.45) is 9.79. The maximum absolute atomic E-state index is 3.99. The largest absolute Gasteiger partial charge is 0.311 e. The molecule has 2 fully saturated rings. The summed E-state index contributed by atoms with van der Waals surface area (Å²) in [6, 6.07) is 1.51. The highest BCUT2D eigenvalue weighted by Gasteiger charge is 2.39. The van der Waals surface area contributed by atoms with Gasteiger partial charge in [0.25, 0.3) is 0 Å². The van der Waals surface area contributed by atoms with E-state index < -0.39 is 0 Å². The van der Waals surface area contributed by atoms with E-state index in [2.05, 4.69) is 39.9 Å². The number of nitrogens with one attached hydrogen (secondary N) is 1. The van der Waals surface area contributed by atoms with Crippen molar-refractivity contribution in [3.8, 4) is 0 Å². The van der Waals surface area contributed by atoms with Gasteiger partial charge >= 0.3 is 0 Å². The third-order valence-corrected chi connectivity index (χ3v) is 4.83. The topological polar surface area (TPSA) is 12.0 Å². The summed E-state index contributed by atoms with van der Waals surface area (Å²) in [5, 5.41) is 3.99. The lowest BCUT2D eigenvalue weighted by molar-refractivity contribution is 0.0790. The SMILES string of the molecule is CCC(CC1CC1)NC1CC(C)(C)CC(C)(C)C1. The molecule has 1 heteroatoms. The van der Waals surface area contributed by atoms with Crippen LogP contribution in [0.3, 0.4) is 0 Å². The highest BCUT2D eigenvalue weighted by molar-refractivity contribution is 4.93. The van der Waals surface area contributed by atoms with Crippen molar-refractivity contribution in [2.24, 2.45) is 16.7 Å². The molecule has 0 amide bonds. The van der Waals surface area contributed by atoms with Gasteiger partial charge in [0.15, 0.2) is 0 Å². The molecule has 0 aromatic heterocycles. The quantitative estimate of drug-likeness (QED) is 0.743. The zero-order valence-electron chi connectivity index (χ0n) is 13.2. The highest BCUT2D eigenvalue weighted by Crippen LogP contribution is 2.46. The molecule has 2 aliphatic carbocycles. The second-order valence-corrected chi connectivity index (χ2v) is 8.56. The van der Waals surface area contributed by atoms with Crippen LogP contribution in [0.1, 0.15) is 79.6 Å². The maximum Gasteiger partial charge on any atom is 0.00798 e. The predicted octanol–water partition coefficient (Wildman–Crippen LogP) is 4.76. The monoisotopic (exact) mass is 251 g/mol. The van der Waals surface area contributed by atoms with Crippen molar-refractivity contribution in [1.82, 2.24) is 5.32 Å². The third-order valence-electron chi connectivity index (χ3n) is 4.83. The summed E-state index contributed by atoms with van der Waals surface area (Å²) in [5.41, 5.74) is 1.02. The summed E-state index contributed by atoms with van der Waals surface area (Å²) >= 11 is 0. The van der Waals surface area contributed by atoms with E-state index in [0.717, 1.165) is 18.0 Å². The highest BCUT2D eigenvalue weighted by atomic mass is 15.0. The first-order valence-corrected chi connectivity index (χ1v) is 8.06. The maximum atomic E-state index is 3.99. The van der Waals surface area contributed by atoms with Crippen LogP contribution in [0.5, 0.6) is 0 Å². The summed E-state index contributed by atoms with van der Waals surface area (Å²) < 4.78 is 0. The van der Waals surface area contributed by atoms with Crippen LogP contribution in [0.2, 0.25) is 0 Å². The minimum Gasteiger partial charge on any atom is -0.311 e. The average Bonchev–Trinajstić information content (AvgIpc) is 2.95. The van der Waals surface area contributed by atoms with Crippen LogP contribution in [0.15, 0.2) is 0 Å². The molecule has 2 rings (SSSR count). The molecular weight excluding hydrogens is 218 g/mol. The molecule has 0 radical (unpaired) electrons. The van der Waals surface area contributed by atoms with Crippen molar-refractivity contribution in [2.45, 2.75) is 91.6 Å². The summed E-state index contributed by atoms with van der Waals surface area (Å²) in [7, 11) is 0. The molecule has 18 heavy (non-hydrogen) atoms. The molecule has 1 N–H and O–H groups in total. The standard InChI is InChI=1S/C17H33N/c1-6-14(9-13-7-8-13)18-15-10-16(2,3)12-17(4,5)11-15/h13-15,18H,6-12H2,1-5H3. The smallest absolute Gasteiger partial charge is 0.00798 e. The molecule has 0 aromatic rings. The predicted molar refractivity (Wildman–Crippen MR) is 79.8 cm³/mol. The van der Waals surface area contributed by atoms with E-state index in [4.69, 9.17) is 0 Å². The van der Waals surface area contributed by atoms with E-state index in [0.29, 0.717) is 10.8 Å². The second kappa shape index (κ2) is 5.15. The minimum absolute atomic E-state index is 0.511. The van der Waals surface area contributed by atoms with E-state index in [1.165, 1.54) is 44.9 Å². The van der Waals surface area contributed by atoms with Crippen LogP contribution >= 0.6 is 0 Å². The van der Waals surface area contributed by atoms with Crippen molar-refractivity contribution in [3.05, 3.63) is 0 Å². The van der Waals surface area contributed by atoms with E-state index in [1.54, 1.807) is 0 Å². The first-order chi connectivity index (χ1) is 8.30. The molecule has 0 spiro atoms. The Balaban J connectivity index is 1.90. The molecule has 2 aliphatic rings. The normalized spacial score (nSPS) is 29.2. The fraction of sp³-hybridized carbons (Fsp3) is 1.00. The lowest BCUT2D eigenvalue weighted by Crippen LogP contribution is -2.47. The Morgan fingerprint density at radius 2 is 1.61 bits per heavy atom. The number of rotatable bonds is 5. The van der Waals surface area contributed by atoms with Gasteiger partial charge in [-0.15, -0.1) is 0 Å². The Bertz CT molecular complexity index is 259. The van der Waals surface area contributed by atoms with Crippen molar-refractivity contribution in [1.29, 1.82) is 0 Å². The third kappa shape index (κ3) is 4.26. The van der Waals surface area contributed by atoms with Gasteiger partial charge in [-0.1, -0.05) is 47.5 Å². The molecule has 0 saturated heterocycles. The molecule has 106 valence electrons. The van der Waals surface area contributed by atoms with Crippen LogP contribution in [-0.2, 0) is 0 Å². The molecular formula is C17H33N. The van der Waals surface area contributed by atoms with Gasteiger partial charge < -0.3 is 5.32 Å². The van der Waals surface area contributed by atoms with E-state index >= 15 is 0 Å². The Hall–Kier alpha value is -0.0400. The molecule has 0 aliphatic heterocycles. The first-order valence-electron chi connectivity index (χ1n) is 8.06. The molecule has 0 bridgehead atoms. The van der Waals surface area contributed by atoms with Gasteiger partial charge in [-0.05, 0) is 48.9 Å². The van der Waals surface area contributed by atoms with Gasteiger partial charge in [0.1, 0.15) is 0 Å². The molecule has 1 atom stereocenters. The second-order valence-electron chi connectivity index (χ2n) is 8.56. The zero-order valence-corrected chi connectivity index (χ0v) is 13.2. The Morgan fingerprint density at radius 3 is 2.06 bits per heavy atom. The van der Waals surface area contributed by atoms with Crippen molar-refractivity contribution in [3.63, 3.8) is 0 Å². The summed E-state index contributed by atoms with van der Waals surface area (Å²) in [5.74, 6) is 1.05. The lowest BCUT2D eigenvalue weighted by Gasteiger charge is -2.46. The fourth-order valence-electron chi connectivity index (χ4n) is 4.41. The van der Waals surface area contributed by atoms with Gasteiger partial charge in [-0.2, -0.15) is 0 Å². The molecule has 1 unspecified atom stereocenters. The van der Waals surface area contributed by atoms with Gasteiger partial charge in [-0.25, -0.2) is 0 Å². The van der Waals surface area contributed by atoms with Crippen molar-refractivity contribution < 1.29 is 0 Å². The number of hydrogen-bond donors (Lipinski definition) is 1. The van der Waals surface area contributed by atoms with Crippen molar-refractivity contribution >= 4 is 0 Å². The Labute approximate surface area is 114 Å². The number of hydrogen-bond acceptors (Lipinski definition) is 1. The Kier molecular flexibility index (Phi) is 4.11. The van der Waals surface area contributed by atoms with Crippen LogP contribution in [-0.4, -0.2) is 12.1 Å². The van der Waals surface area contributed by atoms with Gasteiger partial charge in [0.2, 0.25) is 0 Å². The van der Waals surface area contributed by atoms with Crippen LogP contribution < -0.4 is 5.32 Å². The van der Waals surface area contributed by atoms with E-state index in [1.807, 2.05) is 0 Å². The zero-order chi connectivity index (χ0) is 13.4. The van der Waals surface area contributed by atoms with Crippen LogP contribution in [0, 0.1) is 16.7 Å². The first kappa shape index (κ1) is 14.4. The minimum atomic E-state index is 0.511. The average molecular weight is 251 g/mol.